The molecule has 1 aromatic heterocycles. The molecule has 1 saturated carbocycles. The van der Waals surface area contributed by atoms with Crippen LogP contribution in [0.4, 0.5) is 5.69 Å². The second-order valence-electron chi connectivity index (χ2n) is 4.19. The molecule has 1 heterocycles. The van der Waals surface area contributed by atoms with Crippen LogP contribution in [0.1, 0.15) is 31.9 Å². The summed E-state index contributed by atoms with van der Waals surface area (Å²) in [5.74, 6) is 0.903. The van der Waals surface area contributed by atoms with Crippen LogP contribution in [-0.4, -0.2) is 16.3 Å². The number of nitrogens with one attached hydrogen (secondary N) is 1. The Labute approximate surface area is 85.5 Å². The molecule has 0 bridgehead atoms. The van der Waals surface area contributed by atoms with E-state index in [9.17, 15) is 0 Å². The van der Waals surface area contributed by atoms with E-state index < -0.39 is 0 Å². The van der Waals surface area contributed by atoms with E-state index in [4.69, 9.17) is 0 Å². The lowest BCUT2D eigenvalue weighted by Crippen LogP contribution is -2.21. The highest BCUT2D eigenvalue weighted by molar-refractivity contribution is 5.46. The molecule has 0 unspecified atom stereocenters. The maximum Gasteiger partial charge on any atom is 0.0853 e. The van der Waals surface area contributed by atoms with Gasteiger partial charge >= 0.3 is 0 Å². The zero-order valence-corrected chi connectivity index (χ0v) is 9.08. The van der Waals surface area contributed by atoms with Crippen LogP contribution in [0.25, 0.3) is 0 Å². The zero-order valence-electron chi connectivity index (χ0n) is 9.08. The fraction of sp³-hybridized carbons (Fsp3) is 0.727. The highest BCUT2D eigenvalue weighted by Gasteiger charge is 2.17. The predicted molar refractivity (Wildman–Crippen MR) is 58.4 cm³/mol. The predicted octanol–water partition coefficient (Wildman–Crippen LogP) is 2.19. The number of rotatable bonds is 4. The Hall–Kier alpha value is -0.990. The number of aryl methyl sites for hydroxylation is 2. The minimum Gasteiger partial charge on any atom is -0.382 e. The van der Waals surface area contributed by atoms with Crippen LogP contribution in [0.2, 0.25) is 0 Å². The Bertz CT molecular complexity index is 299. The van der Waals surface area contributed by atoms with E-state index in [1.54, 1.807) is 0 Å². The lowest BCUT2D eigenvalue weighted by Gasteiger charge is -2.25. The molecule has 1 aromatic rings. The van der Waals surface area contributed by atoms with Gasteiger partial charge in [0.1, 0.15) is 0 Å². The molecule has 0 atom stereocenters. The van der Waals surface area contributed by atoms with E-state index in [-0.39, 0.29) is 0 Å². The van der Waals surface area contributed by atoms with Crippen LogP contribution in [0.15, 0.2) is 6.20 Å². The summed E-state index contributed by atoms with van der Waals surface area (Å²) < 4.78 is 1.89. The Morgan fingerprint density at radius 3 is 2.93 bits per heavy atom. The summed E-state index contributed by atoms with van der Waals surface area (Å²) in [4.78, 5) is 0. The summed E-state index contributed by atoms with van der Waals surface area (Å²) in [6, 6.07) is 0. The first-order valence-corrected chi connectivity index (χ1v) is 5.56. The van der Waals surface area contributed by atoms with Crippen molar-refractivity contribution in [1.82, 2.24) is 9.78 Å². The largest absolute Gasteiger partial charge is 0.382 e. The second-order valence-corrected chi connectivity index (χ2v) is 4.19. The molecule has 1 aliphatic carbocycles. The van der Waals surface area contributed by atoms with Gasteiger partial charge in [-0.05, 0) is 25.2 Å². The van der Waals surface area contributed by atoms with E-state index in [0.29, 0.717) is 0 Å². The average Bonchev–Trinajstić information content (AvgIpc) is 2.43. The number of anilines is 1. The molecule has 1 fully saturated rings. The number of aromatic nitrogens is 2. The highest BCUT2D eigenvalue weighted by atomic mass is 15.3. The van der Waals surface area contributed by atoms with Crippen molar-refractivity contribution in [2.24, 2.45) is 13.0 Å². The highest BCUT2D eigenvalue weighted by Crippen LogP contribution is 2.26. The molecule has 1 aliphatic rings. The van der Waals surface area contributed by atoms with Crippen molar-refractivity contribution < 1.29 is 0 Å². The zero-order chi connectivity index (χ0) is 9.97. The monoisotopic (exact) mass is 193 g/mol. The summed E-state index contributed by atoms with van der Waals surface area (Å²) in [5, 5.41) is 7.91. The molecule has 14 heavy (non-hydrogen) atoms. The molecule has 1 N–H and O–H groups in total. The molecule has 0 spiro atoms. The van der Waals surface area contributed by atoms with Gasteiger partial charge in [-0.3, -0.25) is 4.68 Å². The molecule has 78 valence electrons. The lowest BCUT2D eigenvalue weighted by molar-refractivity contribution is 0.333. The Morgan fingerprint density at radius 1 is 1.57 bits per heavy atom. The molecule has 3 nitrogen and oxygen atoms in total. The van der Waals surface area contributed by atoms with Crippen molar-refractivity contribution in [2.45, 2.75) is 32.6 Å². The molecule has 0 radical (unpaired) electrons. The third-order valence-corrected chi connectivity index (χ3v) is 3.05. The molecular formula is C11H19N3. The van der Waals surface area contributed by atoms with Gasteiger partial charge in [0.05, 0.1) is 11.4 Å². The number of nitrogens with zero attached hydrogens (tertiary/aromatic N) is 2. The number of hydrogen-bond acceptors (Lipinski definition) is 2. The van der Waals surface area contributed by atoms with Gasteiger partial charge in [0.15, 0.2) is 0 Å². The van der Waals surface area contributed by atoms with Gasteiger partial charge in [-0.15, -0.1) is 0 Å². The normalized spacial score (nSPS) is 16.7. The van der Waals surface area contributed by atoms with Crippen molar-refractivity contribution in [3.05, 3.63) is 11.9 Å². The number of hydrogen-bond donors (Lipinski definition) is 1. The van der Waals surface area contributed by atoms with Crippen molar-refractivity contribution in [3.63, 3.8) is 0 Å². The van der Waals surface area contributed by atoms with E-state index in [1.165, 1.54) is 30.6 Å². The summed E-state index contributed by atoms with van der Waals surface area (Å²) in [6.45, 7) is 3.27. The van der Waals surface area contributed by atoms with Crippen LogP contribution in [0, 0.1) is 5.92 Å². The Balaban J connectivity index is 1.92. The maximum atomic E-state index is 4.41. The second kappa shape index (κ2) is 4.03. The molecule has 0 amide bonds. The molecule has 2 rings (SSSR count). The smallest absolute Gasteiger partial charge is 0.0853 e. The summed E-state index contributed by atoms with van der Waals surface area (Å²) in [6.07, 6.45) is 7.30. The van der Waals surface area contributed by atoms with Crippen molar-refractivity contribution in [2.75, 3.05) is 11.9 Å². The lowest BCUT2D eigenvalue weighted by atomic mass is 9.85. The molecule has 0 saturated heterocycles. The van der Waals surface area contributed by atoms with Gasteiger partial charge in [-0.2, -0.15) is 5.10 Å². The molecule has 0 aromatic carbocycles. The Morgan fingerprint density at radius 2 is 2.36 bits per heavy atom. The standard InChI is InChI=1S/C11H19N3/c1-3-10-11(8-14(2)13-10)12-7-9-5-4-6-9/h8-9,12H,3-7H2,1-2H3. The summed E-state index contributed by atoms with van der Waals surface area (Å²) >= 11 is 0. The molecule has 0 aliphatic heterocycles. The minimum absolute atomic E-state index is 0.903. The van der Waals surface area contributed by atoms with Gasteiger partial charge < -0.3 is 5.32 Å². The topological polar surface area (TPSA) is 29.9 Å². The van der Waals surface area contributed by atoms with Crippen LogP contribution < -0.4 is 5.32 Å². The van der Waals surface area contributed by atoms with Gasteiger partial charge in [0, 0.05) is 19.8 Å². The van der Waals surface area contributed by atoms with Crippen molar-refractivity contribution >= 4 is 5.69 Å². The summed E-state index contributed by atoms with van der Waals surface area (Å²) in [7, 11) is 1.98. The van der Waals surface area contributed by atoms with Crippen LogP contribution >= 0.6 is 0 Å². The first kappa shape index (κ1) is 9.56. The van der Waals surface area contributed by atoms with Crippen LogP contribution in [-0.2, 0) is 13.5 Å². The molecule has 3 heteroatoms. The minimum atomic E-state index is 0.903. The third kappa shape index (κ3) is 1.91. The fourth-order valence-corrected chi connectivity index (χ4v) is 1.89. The van der Waals surface area contributed by atoms with Crippen molar-refractivity contribution in [1.29, 1.82) is 0 Å². The van der Waals surface area contributed by atoms with Crippen LogP contribution in [0.5, 0.6) is 0 Å². The SMILES string of the molecule is CCc1nn(C)cc1NCC1CCC1. The van der Waals surface area contributed by atoms with E-state index in [0.717, 1.165) is 18.9 Å². The average molecular weight is 193 g/mol. The van der Waals surface area contributed by atoms with Gasteiger partial charge in [0.2, 0.25) is 0 Å². The first-order chi connectivity index (χ1) is 6.79. The Kier molecular flexibility index (Phi) is 2.75. The van der Waals surface area contributed by atoms with Gasteiger partial charge in [-0.25, -0.2) is 0 Å². The van der Waals surface area contributed by atoms with Gasteiger partial charge in [0.25, 0.3) is 0 Å². The van der Waals surface area contributed by atoms with Crippen molar-refractivity contribution in [3.8, 4) is 0 Å². The van der Waals surface area contributed by atoms with Crippen LogP contribution in [0.3, 0.4) is 0 Å². The fourth-order valence-electron chi connectivity index (χ4n) is 1.89. The first-order valence-electron chi connectivity index (χ1n) is 5.56. The van der Waals surface area contributed by atoms with E-state index in [2.05, 4.69) is 23.5 Å². The quantitative estimate of drug-likeness (QED) is 0.794. The third-order valence-electron chi connectivity index (χ3n) is 3.05. The maximum absolute atomic E-state index is 4.41. The van der Waals surface area contributed by atoms with Gasteiger partial charge in [-0.1, -0.05) is 13.3 Å². The molecular weight excluding hydrogens is 174 g/mol. The summed E-state index contributed by atoms with van der Waals surface area (Å²) in [5.41, 5.74) is 2.41. The van der Waals surface area contributed by atoms with E-state index in [1.807, 2.05) is 11.7 Å². The van der Waals surface area contributed by atoms with E-state index >= 15 is 0 Å².